The molecule has 1 amide bonds. The number of amides is 1. The molecule has 0 radical (unpaired) electrons. The van der Waals surface area contributed by atoms with Gasteiger partial charge in [0.25, 0.3) is 5.91 Å². The molecule has 2 atom stereocenters. The molecule has 2 saturated heterocycles. The Kier molecular flexibility index (Phi) is 5.32. The average molecular weight is 397 g/mol. The summed E-state index contributed by atoms with van der Waals surface area (Å²) in [6, 6.07) is 6.20. The van der Waals surface area contributed by atoms with Gasteiger partial charge >= 0.3 is 0 Å². The highest BCUT2D eigenvalue weighted by atomic mass is 16.5. The van der Waals surface area contributed by atoms with E-state index >= 15 is 0 Å². The second-order valence-electron chi connectivity index (χ2n) is 9.89. The van der Waals surface area contributed by atoms with Crippen LogP contribution >= 0.6 is 0 Å². The summed E-state index contributed by atoms with van der Waals surface area (Å²) in [4.78, 5) is 17.8. The molecule has 3 aliphatic heterocycles. The van der Waals surface area contributed by atoms with E-state index in [4.69, 9.17) is 4.74 Å². The third-order valence-corrected chi connectivity index (χ3v) is 8.28. The first kappa shape index (κ1) is 19.4. The quantitative estimate of drug-likeness (QED) is 0.737. The summed E-state index contributed by atoms with van der Waals surface area (Å²) < 4.78 is 6.55. The summed E-state index contributed by atoms with van der Waals surface area (Å²) in [7, 11) is 0. The number of hydrogen-bond acceptors (Lipinski definition) is 3. The number of hydrogen-bond donors (Lipinski definition) is 0. The third-order valence-electron chi connectivity index (χ3n) is 8.28. The molecule has 0 aromatic heterocycles. The molecular formula is C25H36N2O2. The molecule has 4 nitrogen and oxygen atoms in total. The van der Waals surface area contributed by atoms with Crippen LogP contribution in [0, 0.1) is 11.8 Å². The minimum Gasteiger partial charge on any atom is -0.487 e. The smallest absolute Gasteiger partial charge is 0.253 e. The van der Waals surface area contributed by atoms with E-state index in [9.17, 15) is 4.79 Å². The number of fused-ring (bicyclic) bond motifs is 2. The Hall–Kier alpha value is -1.55. The molecular weight excluding hydrogens is 360 g/mol. The van der Waals surface area contributed by atoms with Crippen LogP contribution in [0.1, 0.15) is 74.2 Å². The highest BCUT2D eigenvalue weighted by Gasteiger charge is 2.39. The normalized spacial score (nSPS) is 29.1. The number of carbonyl (C=O) groups excluding carboxylic acids is 1. The number of nitrogens with zero attached hydrogens (tertiary/aromatic N) is 2. The van der Waals surface area contributed by atoms with Gasteiger partial charge in [-0.3, -0.25) is 4.79 Å². The lowest BCUT2D eigenvalue weighted by Gasteiger charge is -2.44. The Morgan fingerprint density at radius 3 is 2.66 bits per heavy atom. The Balaban J connectivity index is 1.26. The van der Waals surface area contributed by atoms with Gasteiger partial charge in [0.1, 0.15) is 11.4 Å². The second-order valence-corrected chi connectivity index (χ2v) is 9.89. The number of aryl methyl sites for hydroxylation is 1. The van der Waals surface area contributed by atoms with Gasteiger partial charge < -0.3 is 14.5 Å². The van der Waals surface area contributed by atoms with Crippen molar-refractivity contribution in [1.82, 2.24) is 9.80 Å². The molecule has 3 heterocycles. The van der Waals surface area contributed by atoms with Crippen LogP contribution in [0.4, 0.5) is 0 Å². The van der Waals surface area contributed by atoms with E-state index in [2.05, 4.69) is 28.9 Å². The highest BCUT2D eigenvalue weighted by Crippen LogP contribution is 2.40. The average Bonchev–Trinajstić information content (AvgIpc) is 2.78. The van der Waals surface area contributed by atoms with Crippen LogP contribution in [0.5, 0.6) is 5.75 Å². The number of benzene rings is 1. The van der Waals surface area contributed by atoms with E-state index in [0.29, 0.717) is 0 Å². The van der Waals surface area contributed by atoms with Crippen molar-refractivity contribution in [2.24, 2.45) is 11.8 Å². The largest absolute Gasteiger partial charge is 0.487 e. The maximum absolute atomic E-state index is 13.2. The molecule has 4 aliphatic rings. The fraction of sp³-hybridized carbons (Fsp3) is 0.720. The van der Waals surface area contributed by atoms with Crippen molar-refractivity contribution in [3.8, 4) is 5.75 Å². The van der Waals surface area contributed by atoms with E-state index in [1.54, 1.807) is 0 Å². The van der Waals surface area contributed by atoms with Gasteiger partial charge in [-0.2, -0.15) is 0 Å². The summed E-state index contributed by atoms with van der Waals surface area (Å²) in [6.45, 7) is 7.55. The first-order valence-electron chi connectivity index (χ1n) is 12.0. The number of likely N-dealkylation sites (tertiary alicyclic amines) is 2. The lowest BCUT2D eigenvalue weighted by molar-refractivity contribution is -0.0132. The lowest BCUT2D eigenvalue weighted by Crippen LogP contribution is -2.49. The van der Waals surface area contributed by atoms with Crippen LogP contribution in [0.3, 0.4) is 0 Å². The van der Waals surface area contributed by atoms with E-state index in [0.717, 1.165) is 81.6 Å². The predicted molar refractivity (Wildman–Crippen MR) is 115 cm³/mol. The zero-order valence-corrected chi connectivity index (χ0v) is 18.0. The summed E-state index contributed by atoms with van der Waals surface area (Å²) in [5.74, 6) is 2.84. The van der Waals surface area contributed by atoms with Crippen molar-refractivity contribution in [3.63, 3.8) is 0 Å². The minimum atomic E-state index is 0.0209. The number of piperidine rings is 2. The SMILES string of the molecule is CCN1CCC2(CCc3cc(C(=O)N4CC[C@@H]5CCCC[C@@H]5C4)ccc3O2)CC1. The molecule has 0 bridgehead atoms. The predicted octanol–water partition coefficient (Wildman–Crippen LogP) is 4.52. The summed E-state index contributed by atoms with van der Waals surface area (Å²) in [6.07, 6.45) is 11.0. The van der Waals surface area contributed by atoms with Crippen LogP contribution in [0.25, 0.3) is 0 Å². The molecule has 29 heavy (non-hydrogen) atoms. The van der Waals surface area contributed by atoms with E-state index in [1.807, 2.05) is 6.07 Å². The van der Waals surface area contributed by atoms with Crippen molar-refractivity contribution in [2.45, 2.75) is 70.3 Å². The minimum absolute atomic E-state index is 0.0209. The fourth-order valence-electron chi connectivity index (χ4n) is 6.25. The van der Waals surface area contributed by atoms with Crippen LogP contribution < -0.4 is 4.74 Å². The van der Waals surface area contributed by atoms with Crippen molar-refractivity contribution >= 4 is 5.91 Å². The molecule has 1 aromatic carbocycles. The molecule has 1 saturated carbocycles. The number of rotatable bonds is 2. The maximum Gasteiger partial charge on any atom is 0.253 e. The zero-order chi connectivity index (χ0) is 19.8. The number of ether oxygens (including phenoxy) is 1. The monoisotopic (exact) mass is 396 g/mol. The van der Waals surface area contributed by atoms with Crippen LogP contribution in [0.15, 0.2) is 18.2 Å². The Morgan fingerprint density at radius 1 is 1.07 bits per heavy atom. The molecule has 0 unspecified atom stereocenters. The fourth-order valence-corrected chi connectivity index (χ4v) is 6.25. The molecule has 4 heteroatoms. The molecule has 158 valence electrons. The van der Waals surface area contributed by atoms with Crippen molar-refractivity contribution < 1.29 is 9.53 Å². The maximum atomic E-state index is 13.2. The Bertz CT molecular complexity index is 753. The Labute approximate surface area is 175 Å². The standard InChI is InChI=1S/C25H36N2O2/c1-2-26-15-12-25(13-16-26)11-9-20-17-21(7-8-23(20)29-25)24(28)27-14-10-19-5-3-4-6-22(19)18-27/h7-8,17,19,22H,2-6,9-16,18H2,1H3/t19-,22+/m0/s1. The Morgan fingerprint density at radius 2 is 1.86 bits per heavy atom. The third kappa shape index (κ3) is 3.81. The molecule has 5 rings (SSSR count). The van der Waals surface area contributed by atoms with Crippen LogP contribution in [0.2, 0.25) is 0 Å². The first-order chi connectivity index (χ1) is 14.2. The van der Waals surface area contributed by atoms with Gasteiger partial charge in [-0.15, -0.1) is 0 Å². The molecule has 1 spiro atoms. The number of carbonyl (C=O) groups is 1. The molecule has 1 aromatic rings. The van der Waals surface area contributed by atoms with Gasteiger partial charge in [0.15, 0.2) is 0 Å². The summed E-state index contributed by atoms with van der Waals surface area (Å²) in [5, 5.41) is 0. The van der Waals surface area contributed by atoms with Crippen LogP contribution in [-0.2, 0) is 6.42 Å². The van der Waals surface area contributed by atoms with Gasteiger partial charge in [0.05, 0.1) is 0 Å². The van der Waals surface area contributed by atoms with Gasteiger partial charge in [-0.1, -0.05) is 26.2 Å². The zero-order valence-electron chi connectivity index (χ0n) is 18.0. The van der Waals surface area contributed by atoms with Gasteiger partial charge in [0, 0.05) is 31.7 Å². The summed E-state index contributed by atoms with van der Waals surface area (Å²) in [5.41, 5.74) is 2.11. The van der Waals surface area contributed by atoms with E-state index in [-0.39, 0.29) is 11.5 Å². The molecule has 1 aliphatic carbocycles. The van der Waals surface area contributed by atoms with E-state index < -0.39 is 0 Å². The van der Waals surface area contributed by atoms with Crippen LogP contribution in [-0.4, -0.2) is 54.0 Å². The van der Waals surface area contributed by atoms with Crippen molar-refractivity contribution in [2.75, 3.05) is 32.7 Å². The first-order valence-corrected chi connectivity index (χ1v) is 12.0. The molecule has 3 fully saturated rings. The van der Waals surface area contributed by atoms with E-state index in [1.165, 1.54) is 37.7 Å². The highest BCUT2D eigenvalue weighted by molar-refractivity contribution is 5.94. The summed E-state index contributed by atoms with van der Waals surface area (Å²) >= 11 is 0. The van der Waals surface area contributed by atoms with Gasteiger partial charge in [0.2, 0.25) is 0 Å². The topological polar surface area (TPSA) is 32.8 Å². The second kappa shape index (κ2) is 7.94. The van der Waals surface area contributed by atoms with Gasteiger partial charge in [-0.05, 0) is 80.7 Å². The van der Waals surface area contributed by atoms with Gasteiger partial charge in [-0.25, -0.2) is 0 Å². The molecule has 0 N–H and O–H groups in total. The van der Waals surface area contributed by atoms with Crippen molar-refractivity contribution in [1.29, 1.82) is 0 Å². The lowest BCUT2D eigenvalue weighted by atomic mass is 9.75. The van der Waals surface area contributed by atoms with Crippen molar-refractivity contribution in [3.05, 3.63) is 29.3 Å².